The number of nitrogen functional groups attached to an aromatic ring is 1. The van der Waals surface area contributed by atoms with Crippen LogP contribution in [-0.4, -0.2) is 54.0 Å². The molecule has 184 valence electrons. The van der Waals surface area contributed by atoms with Crippen molar-refractivity contribution in [3.63, 3.8) is 0 Å². The number of hydrogen-bond donors (Lipinski definition) is 2. The van der Waals surface area contributed by atoms with E-state index in [0.29, 0.717) is 46.4 Å². The van der Waals surface area contributed by atoms with Crippen LogP contribution in [0.15, 0.2) is 55.0 Å². The molecule has 3 N–H and O–H groups in total. The molecule has 4 heterocycles. The van der Waals surface area contributed by atoms with Gasteiger partial charge in [-0.2, -0.15) is 10.4 Å². The molecule has 11 heteroatoms. The Hall–Kier alpha value is -4.85. The molecule has 1 aliphatic carbocycles. The first-order valence-electron chi connectivity index (χ1n) is 12.0. The SMILES string of the molecule is N#CCC(=O)N1C[C@H]2CC(n3nc(-c4ccc(C(=O)Nc5ccccn5)cc4)c4c(N)ncnc43)[C@H]1C2. The van der Waals surface area contributed by atoms with Gasteiger partial charge in [0, 0.05) is 23.9 Å². The molecule has 3 atom stereocenters. The predicted molar refractivity (Wildman–Crippen MR) is 135 cm³/mol. The van der Waals surface area contributed by atoms with E-state index in [1.807, 2.05) is 27.8 Å². The van der Waals surface area contributed by atoms with Crippen LogP contribution in [-0.2, 0) is 4.79 Å². The van der Waals surface area contributed by atoms with Crippen LogP contribution in [0.25, 0.3) is 22.3 Å². The first-order valence-corrected chi connectivity index (χ1v) is 12.0. The molecule has 1 aromatic carbocycles. The second-order valence-electron chi connectivity index (χ2n) is 9.35. The van der Waals surface area contributed by atoms with E-state index in [0.717, 1.165) is 18.4 Å². The number of carbonyl (C=O) groups is 2. The third-order valence-corrected chi connectivity index (χ3v) is 7.16. The molecule has 2 fully saturated rings. The van der Waals surface area contributed by atoms with Crippen LogP contribution in [0.3, 0.4) is 0 Å². The molecular formula is C26H23N9O2. The van der Waals surface area contributed by atoms with Gasteiger partial charge in [-0.1, -0.05) is 18.2 Å². The second-order valence-corrected chi connectivity index (χ2v) is 9.35. The van der Waals surface area contributed by atoms with Gasteiger partial charge < -0.3 is 16.0 Å². The first-order chi connectivity index (χ1) is 18.0. The van der Waals surface area contributed by atoms with Crippen LogP contribution in [0.5, 0.6) is 0 Å². The van der Waals surface area contributed by atoms with Crippen molar-refractivity contribution in [3.05, 3.63) is 60.6 Å². The van der Waals surface area contributed by atoms with E-state index >= 15 is 0 Å². The summed E-state index contributed by atoms with van der Waals surface area (Å²) in [6, 6.07) is 14.2. The molecule has 3 aromatic heterocycles. The molecule has 0 spiro atoms. The minimum absolute atomic E-state index is 0.0457. The highest BCUT2D eigenvalue weighted by Crippen LogP contribution is 2.46. The molecule has 6 rings (SSSR count). The van der Waals surface area contributed by atoms with E-state index in [-0.39, 0.29) is 30.3 Å². The number of amides is 2. The van der Waals surface area contributed by atoms with Crippen molar-refractivity contribution in [1.29, 1.82) is 5.26 Å². The lowest BCUT2D eigenvalue weighted by Gasteiger charge is -2.33. The normalized spacial score (nSPS) is 20.2. The Balaban J connectivity index is 1.33. The fourth-order valence-corrected chi connectivity index (χ4v) is 5.54. The Morgan fingerprint density at radius 2 is 1.89 bits per heavy atom. The van der Waals surface area contributed by atoms with Gasteiger partial charge in [-0.05, 0) is 43.0 Å². The lowest BCUT2D eigenvalue weighted by Crippen LogP contribution is -2.43. The Bertz CT molecular complexity index is 1540. The number of benzene rings is 1. The van der Waals surface area contributed by atoms with E-state index in [9.17, 15) is 9.59 Å². The quantitative estimate of drug-likeness (QED) is 0.430. The van der Waals surface area contributed by atoms with Gasteiger partial charge in [0.25, 0.3) is 5.91 Å². The summed E-state index contributed by atoms with van der Waals surface area (Å²) in [7, 11) is 0. The maximum atomic E-state index is 12.6. The highest BCUT2D eigenvalue weighted by molar-refractivity contribution is 6.04. The number of nitrogens with one attached hydrogen (secondary N) is 1. The molecule has 11 nitrogen and oxygen atoms in total. The Morgan fingerprint density at radius 1 is 1.08 bits per heavy atom. The number of aromatic nitrogens is 5. The number of nitriles is 1. The van der Waals surface area contributed by atoms with Gasteiger partial charge in [-0.3, -0.25) is 9.59 Å². The number of pyridine rings is 1. The summed E-state index contributed by atoms with van der Waals surface area (Å²) in [5, 5.41) is 17.3. The average Bonchev–Trinajstić information content (AvgIpc) is 3.63. The van der Waals surface area contributed by atoms with Crippen molar-refractivity contribution >= 4 is 34.5 Å². The summed E-state index contributed by atoms with van der Waals surface area (Å²) in [4.78, 5) is 39.8. The zero-order valence-electron chi connectivity index (χ0n) is 19.8. The van der Waals surface area contributed by atoms with E-state index < -0.39 is 0 Å². The summed E-state index contributed by atoms with van der Waals surface area (Å²) >= 11 is 0. The summed E-state index contributed by atoms with van der Waals surface area (Å²) in [5.41, 5.74) is 8.74. The number of nitrogens with two attached hydrogens (primary N) is 1. The van der Waals surface area contributed by atoms with Gasteiger partial charge in [-0.25, -0.2) is 19.6 Å². The number of fused-ring (bicyclic) bond motifs is 3. The van der Waals surface area contributed by atoms with Crippen molar-refractivity contribution in [2.24, 2.45) is 5.92 Å². The van der Waals surface area contributed by atoms with Crippen molar-refractivity contribution in [2.45, 2.75) is 31.3 Å². The van der Waals surface area contributed by atoms with Gasteiger partial charge in [0.1, 0.15) is 30.1 Å². The molecule has 2 aliphatic rings. The third kappa shape index (κ3) is 3.92. The van der Waals surface area contributed by atoms with Gasteiger partial charge in [0.2, 0.25) is 5.91 Å². The largest absolute Gasteiger partial charge is 0.383 e. The summed E-state index contributed by atoms with van der Waals surface area (Å²) in [5.74, 6) is 0.720. The first kappa shape index (κ1) is 22.6. The zero-order valence-corrected chi connectivity index (χ0v) is 19.8. The number of hydrogen-bond acceptors (Lipinski definition) is 8. The van der Waals surface area contributed by atoms with Crippen LogP contribution in [0.2, 0.25) is 0 Å². The standard InChI is InChI=1S/C26H23N9O2/c27-9-8-21(36)34-13-15-11-18(34)19(12-15)35-25-22(24(28)30-14-31-25)23(33-35)16-4-6-17(7-5-16)26(37)32-20-3-1-2-10-29-20/h1-7,10,14-15,18-19H,8,11-13H2,(H2,28,30,31)(H,29,32,37)/t15-,18-,19?/m1/s1. The maximum Gasteiger partial charge on any atom is 0.256 e. The van der Waals surface area contributed by atoms with Crippen molar-refractivity contribution in [1.82, 2.24) is 29.6 Å². The minimum atomic E-state index is -0.271. The third-order valence-electron chi connectivity index (χ3n) is 7.16. The average molecular weight is 494 g/mol. The summed E-state index contributed by atoms with van der Waals surface area (Å²) in [6.07, 6.45) is 4.64. The monoisotopic (exact) mass is 493 g/mol. The predicted octanol–water partition coefficient (Wildman–Crippen LogP) is 2.80. The van der Waals surface area contributed by atoms with E-state index in [2.05, 4.69) is 20.3 Å². The van der Waals surface area contributed by atoms with Gasteiger partial charge in [0.05, 0.1) is 23.5 Å². The van der Waals surface area contributed by atoms with Crippen LogP contribution >= 0.6 is 0 Å². The Labute approximate surface area is 211 Å². The Kier molecular flexibility index (Phi) is 5.49. The molecular weight excluding hydrogens is 470 g/mol. The van der Waals surface area contributed by atoms with Gasteiger partial charge >= 0.3 is 0 Å². The number of rotatable bonds is 5. The van der Waals surface area contributed by atoms with Gasteiger partial charge in [0.15, 0.2) is 5.65 Å². The summed E-state index contributed by atoms with van der Waals surface area (Å²) in [6.45, 7) is 0.674. The molecule has 1 saturated carbocycles. The van der Waals surface area contributed by atoms with Crippen molar-refractivity contribution in [2.75, 3.05) is 17.6 Å². The van der Waals surface area contributed by atoms with Crippen molar-refractivity contribution < 1.29 is 9.59 Å². The smallest absolute Gasteiger partial charge is 0.256 e. The molecule has 1 saturated heterocycles. The Morgan fingerprint density at radius 3 is 2.62 bits per heavy atom. The highest BCUT2D eigenvalue weighted by atomic mass is 16.2. The number of likely N-dealkylation sites (tertiary alicyclic amines) is 1. The molecule has 2 amide bonds. The van der Waals surface area contributed by atoms with E-state index in [1.54, 1.807) is 36.5 Å². The molecule has 37 heavy (non-hydrogen) atoms. The van der Waals surface area contributed by atoms with Gasteiger partial charge in [-0.15, -0.1) is 0 Å². The topological polar surface area (TPSA) is 156 Å². The number of nitrogens with zero attached hydrogens (tertiary/aromatic N) is 7. The summed E-state index contributed by atoms with van der Waals surface area (Å²) < 4.78 is 1.86. The van der Waals surface area contributed by atoms with E-state index in [1.165, 1.54) is 6.33 Å². The molecule has 2 bridgehead atoms. The molecule has 1 unspecified atom stereocenters. The number of carbonyl (C=O) groups excluding carboxylic acids is 2. The van der Waals surface area contributed by atoms with Crippen LogP contribution in [0.4, 0.5) is 11.6 Å². The van der Waals surface area contributed by atoms with Crippen LogP contribution in [0.1, 0.15) is 35.7 Å². The minimum Gasteiger partial charge on any atom is -0.383 e. The molecule has 0 radical (unpaired) electrons. The molecule has 1 aliphatic heterocycles. The van der Waals surface area contributed by atoms with E-state index in [4.69, 9.17) is 16.1 Å². The lowest BCUT2D eigenvalue weighted by atomic mass is 10.1. The fourth-order valence-electron chi connectivity index (χ4n) is 5.54. The highest BCUT2D eigenvalue weighted by Gasteiger charge is 2.48. The van der Waals surface area contributed by atoms with Crippen LogP contribution in [0, 0.1) is 17.2 Å². The molecule has 4 aromatic rings. The second kappa shape index (κ2) is 8.98. The number of anilines is 2. The zero-order chi connectivity index (χ0) is 25.5. The number of piperidine rings is 1. The maximum absolute atomic E-state index is 12.6. The van der Waals surface area contributed by atoms with Crippen LogP contribution < -0.4 is 11.1 Å². The van der Waals surface area contributed by atoms with Crippen molar-refractivity contribution in [3.8, 4) is 17.3 Å². The fraction of sp³-hybridized carbons (Fsp3) is 0.269. The lowest BCUT2D eigenvalue weighted by molar-refractivity contribution is -0.132.